The highest BCUT2D eigenvalue weighted by Crippen LogP contribution is 2.13. The van der Waals surface area contributed by atoms with Gasteiger partial charge in [-0.2, -0.15) is 0 Å². The lowest BCUT2D eigenvalue weighted by Gasteiger charge is -2.03. The molecule has 0 aliphatic rings. The summed E-state index contributed by atoms with van der Waals surface area (Å²) < 4.78 is 0. The molecule has 0 heterocycles. The maximum Gasteiger partial charge on any atom is 0.129 e. The second kappa shape index (κ2) is 16.7. The first-order valence-corrected chi connectivity index (χ1v) is 9.26. The zero-order chi connectivity index (χ0) is 14.9. The molecule has 0 fully saturated rings. The highest BCUT2D eigenvalue weighted by atomic mass is 16.1. The minimum absolute atomic E-state index is 0.347. The molecular weight excluding hydrogens is 244 g/mol. The van der Waals surface area contributed by atoms with Crippen LogP contribution in [0.25, 0.3) is 0 Å². The van der Waals surface area contributed by atoms with Gasteiger partial charge in [0.25, 0.3) is 0 Å². The third kappa shape index (κ3) is 17.7. The minimum atomic E-state index is 0.347. The van der Waals surface area contributed by atoms with E-state index in [0.717, 1.165) is 12.8 Å². The molecule has 0 aromatic rings. The number of ketones is 1. The van der Waals surface area contributed by atoms with Crippen LogP contribution in [0.2, 0.25) is 0 Å². The van der Waals surface area contributed by atoms with E-state index in [0.29, 0.717) is 5.78 Å². The van der Waals surface area contributed by atoms with E-state index in [1.165, 1.54) is 89.9 Å². The molecule has 0 N–H and O–H groups in total. The summed E-state index contributed by atoms with van der Waals surface area (Å²) in [5.74, 6) is 0.347. The Labute approximate surface area is 127 Å². The number of hydrogen-bond acceptors (Lipinski definition) is 1. The van der Waals surface area contributed by atoms with E-state index in [2.05, 4.69) is 6.92 Å². The molecule has 0 rings (SSSR count). The topological polar surface area (TPSA) is 17.1 Å². The quantitative estimate of drug-likeness (QED) is 0.283. The van der Waals surface area contributed by atoms with Gasteiger partial charge in [-0.15, -0.1) is 0 Å². The Morgan fingerprint density at radius 1 is 0.550 bits per heavy atom. The first-order valence-electron chi connectivity index (χ1n) is 9.26. The fraction of sp³-hybridized carbons (Fsp3) is 0.947. The summed E-state index contributed by atoms with van der Waals surface area (Å²) in [4.78, 5) is 10.8. The molecule has 0 amide bonds. The smallest absolute Gasteiger partial charge is 0.129 e. The third-order valence-electron chi connectivity index (χ3n) is 4.13. The van der Waals surface area contributed by atoms with Gasteiger partial charge in [-0.1, -0.05) is 96.8 Å². The standard InChI is InChI=1S/C19H38O/c1-3-4-5-6-7-8-9-10-11-12-13-14-15-16-17-18-19(2)20/h3-18H2,1-2H3. The summed E-state index contributed by atoms with van der Waals surface area (Å²) in [6.45, 7) is 3.98. The zero-order valence-corrected chi connectivity index (χ0v) is 14.2. The van der Waals surface area contributed by atoms with Gasteiger partial charge >= 0.3 is 0 Å². The molecule has 120 valence electrons. The molecule has 0 atom stereocenters. The van der Waals surface area contributed by atoms with Crippen molar-refractivity contribution in [2.45, 2.75) is 117 Å². The summed E-state index contributed by atoms with van der Waals surface area (Å²) in [7, 11) is 0. The molecular formula is C19H38O. The van der Waals surface area contributed by atoms with E-state index in [4.69, 9.17) is 0 Å². The van der Waals surface area contributed by atoms with Gasteiger partial charge in [-0.25, -0.2) is 0 Å². The van der Waals surface area contributed by atoms with Gasteiger partial charge in [0.05, 0.1) is 0 Å². The highest BCUT2D eigenvalue weighted by molar-refractivity contribution is 5.75. The van der Waals surface area contributed by atoms with E-state index >= 15 is 0 Å². The SMILES string of the molecule is CCCCCCCCCCCCCCCCCC(C)=O. The van der Waals surface area contributed by atoms with Gasteiger partial charge in [0, 0.05) is 6.42 Å². The Hall–Kier alpha value is -0.330. The van der Waals surface area contributed by atoms with Crippen molar-refractivity contribution in [1.82, 2.24) is 0 Å². The van der Waals surface area contributed by atoms with Crippen molar-refractivity contribution in [2.75, 3.05) is 0 Å². The molecule has 0 saturated heterocycles. The monoisotopic (exact) mass is 282 g/mol. The van der Waals surface area contributed by atoms with Crippen LogP contribution < -0.4 is 0 Å². The lowest BCUT2D eigenvalue weighted by Crippen LogP contribution is -1.89. The first kappa shape index (κ1) is 19.7. The first-order chi connectivity index (χ1) is 9.77. The van der Waals surface area contributed by atoms with Gasteiger partial charge in [0.2, 0.25) is 0 Å². The van der Waals surface area contributed by atoms with Gasteiger partial charge in [0.1, 0.15) is 5.78 Å². The van der Waals surface area contributed by atoms with E-state index in [1.807, 2.05) is 0 Å². The van der Waals surface area contributed by atoms with Gasteiger partial charge < -0.3 is 4.79 Å². The molecule has 0 spiro atoms. The predicted octanol–water partition coefficient (Wildman–Crippen LogP) is 6.84. The Morgan fingerprint density at radius 3 is 1.15 bits per heavy atom. The molecule has 0 bridgehead atoms. The molecule has 0 aliphatic carbocycles. The number of rotatable bonds is 16. The lowest BCUT2D eigenvalue weighted by molar-refractivity contribution is -0.117. The average Bonchev–Trinajstić information content (AvgIpc) is 2.43. The maximum absolute atomic E-state index is 10.8. The van der Waals surface area contributed by atoms with E-state index in [9.17, 15) is 4.79 Å². The van der Waals surface area contributed by atoms with Crippen LogP contribution >= 0.6 is 0 Å². The van der Waals surface area contributed by atoms with Crippen molar-refractivity contribution in [2.24, 2.45) is 0 Å². The second-order valence-corrected chi connectivity index (χ2v) is 6.40. The Morgan fingerprint density at radius 2 is 0.850 bits per heavy atom. The summed E-state index contributed by atoms with van der Waals surface area (Å²) in [5, 5.41) is 0. The van der Waals surface area contributed by atoms with Crippen LogP contribution in [0.1, 0.15) is 117 Å². The van der Waals surface area contributed by atoms with Crippen molar-refractivity contribution in [3.63, 3.8) is 0 Å². The van der Waals surface area contributed by atoms with Crippen molar-refractivity contribution < 1.29 is 4.79 Å². The molecule has 0 radical (unpaired) electrons. The van der Waals surface area contributed by atoms with E-state index in [-0.39, 0.29) is 0 Å². The van der Waals surface area contributed by atoms with Crippen molar-refractivity contribution in [1.29, 1.82) is 0 Å². The van der Waals surface area contributed by atoms with Gasteiger partial charge in [-0.05, 0) is 13.3 Å². The molecule has 0 aliphatic heterocycles. The molecule has 1 heteroatoms. The molecule has 0 aromatic heterocycles. The van der Waals surface area contributed by atoms with Crippen molar-refractivity contribution >= 4 is 5.78 Å². The number of hydrogen-bond donors (Lipinski definition) is 0. The fourth-order valence-electron chi connectivity index (χ4n) is 2.75. The van der Waals surface area contributed by atoms with Crippen molar-refractivity contribution in [3.05, 3.63) is 0 Å². The van der Waals surface area contributed by atoms with Crippen LogP contribution in [0.5, 0.6) is 0 Å². The Balaban J connectivity index is 2.94. The van der Waals surface area contributed by atoms with Crippen LogP contribution in [-0.4, -0.2) is 5.78 Å². The van der Waals surface area contributed by atoms with Crippen LogP contribution in [0, 0.1) is 0 Å². The molecule has 1 nitrogen and oxygen atoms in total. The fourth-order valence-corrected chi connectivity index (χ4v) is 2.75. The van der Waals surface area contributed by atoms with E-state index in [1.54, 1.807) is 6.92 Å². The summed E-state index contributed by atoms with van der Waals surface area (Å²) in [6, 6.07) is 0. The molecule has 20 heavy (non-hydrogen) atoms. The van der Waals surface area contributed by atoms with Gasteiger partial charge in [-0.3, -0.25) is 0 Å². The molecule has 0 saturated carbocycles. The van der Waals surface area contributed by atoms with Gasteiger partial charge in [0.15, 0.2) is 0 Å². The number of carbonyl (C=O) groups excluding carboxylic acids is 1. The molecule has 0 unspecified atom stereocenters. The predicted molar refractivity (Wildman–Crippen MR) is 90.2 cm³/mol. The maximum atomic E-state index is 10.8. The molecule has 0 aromatic carbocycles. The summed E-state index contributed by atoms with van der Waals surface area (Å²) in [6.07, 6.45) is 21.6. The van der Waals surface area contributed by atoms with Crippen molar-refractivity contribution in [3.8, 4) is 0 Å². The second-order valence-electron chi connectivity index (χ2n) is 6.40. The normalized spacial score (nSPS) is 10.9. The lowest BCUT2D eigenvalue weighted by atomic mass is 10.0. The Kier molecular flexibility index (Phi) is 16.4. The minimum Gasteiger partial charge on any atom is -0.300 e. The van der Waals surface area contributed by atoms with Crippen LogP contribution in [0.15, 0.2) is 0 Å². The summed E-state index contributed by atoms with van der Waals surface area (Å²) >= 11 is 0. The van der Waals surface area contributed by atoms with Crippen LogP contribution in [0.4, 0.5) is 0 Å². The number of Topliss-reactive ketones (excluding diaryl/α,β-unsaturated/α-hetero) is 1. The summed E-state index contributed by atoms with van der Waals surface area (Å²) in [5.41, 5.74) is 0. The average molecular weight is 283 g/mol. The number of carbonyl (C=O) groups is 1. The van der Waals surface area contributed by atoms with Crippen LogP contribution in [0.3, 0.4) is 0 Å². The highest BCUT2D eigenvalue weighted by Gasteiger charge is 1.95. The van der Waals surface area contributed by atoms with E-state index < -0.39 is 0 Å². The number of unbranched alkanes of at least 4 members (excludes halogenated alkanes) is 14. The zero-order valence-electron chi connectivity index (χ0n) is 14.2. The largest absolute Gasteiger partial charge is 0.300 e. The van der Waals surface area contributed by atoms with Crippen LogP contribution in [-0.2, 0) is 4.79 Å². The third-order valence-corrected chi connectivity index (χ3v) is 4.13. The Bertz CT molecular complexity index is 198.